The summed E-state index contributed by atoms with van der Waals surface area (Å²) < 4.78 is 0. The van der Waals surface area contributed by atoms with E-state index in [1.807, 2.05) is 11.0 Å². The third-order valence-corrected chi connectivity index (χ3v) is 3.32. The zero-order valence-electron chi connectivity index (χ0n) is 11.7. The average molecular weight is 320 g/mol. The monoisotopic (exact) mass is 319 g/mol. The minimum absolute atomic E-state index is 0. The molecule has 1 fully saturated rings. The van der Waals surface area contributed by atoms with Crippen LogP contribution in [0.5, 0.6) is 0 Å². The third-order valence-electron chi connectivity index (χ3n) is 3.32. The average Bonchev–Trinajstić information content (AvgIpc) is 2.40. The minimum Gasteiger partial charge on any atom is -0.339 e. The lowest BCUT2D eigenvalue weighted by atomic mass is 10.2. The first-order valence-corrected chi connectivity index (χ1v) is 6.47. The van der Waals surface area contributed by atoms with Gasteiger partial charge in [0.1, 0.15) is 0 Å². The number of rotatable bonds is 3. The number of benzene rings is 1. The molecule has 0 unspecified atom stereocenters. The van der Waals surface area contributed by atoms with E-state index < -0.39 is 0 Å². The van der Waals surface area contributed by atoms with Crippen LogP contribution in [-0.2, 0) is 11.3 Å². The Hall–Kier alpha value is -0.810. The van der Waals surface area contributed by atoms with Gasteiger partial charge in [0.2, 0.25) is 5.91 Å². The SMILES string of the molecule is C[C@@H](N)C(=O)N1CCN(Cc2ccccc2)CC1.Cl.Cl. The van der Waals surface area contributed by atoms with Gasteiger partial charge >= 0.3 is 0 Å². The van der Waals surface area contributed by atoms with Gasteiger partial charge in [0.25, 0.3) is 0 Å². The smallest absolute Gasteiger partial charge is 0.239 e. The van der Waals surface area contributed by atoms with Crippen molar-refractivity contribution in [2.45, 2.75) is 19.5 Å². The first kappa shape index (κ1) is 19.2. The highest BCUT2D eigenvalue weighted by molar-refractivity contribution is 5.85. The Morgan fingerprint density at radius 1 is 1.15 bits per heavy atom. The number of nitrogens with zero attached hydrogens (tertiary/aromatic N) is 2. The van der Waals surface area contributed by atoms with E-state index in [1.165, 1.54) is 5.56 Å². The zero-order chi connectivity index (χ0) is 13.0. The van der Waals surface area contributed by atoms with E-state index in [2.05, 4.69) is 29.2 Å². The fourth-order valence-electron chi connectivity index (χ4n) is 2.26. The second kappa shape index (κ2) is 9.19. The number of amides is 1. The highest BCUT2D eigenvalue weighted by Crippen LogP contribution is 2.08. The van der Waals surface area contributed by atoms with Crippen molar-refractivity contribution >= 4 is 30.7 Å². The standard InChI is InChI=1S/C14H21N3O.2ClH/c1-12(15)14(18)17-9-7-16(8-10-17)11-13-5-3-2-4-6-13;;/h2-6,12H,7-11,15H2,1H3;2*1H/t12-;;/m1../s1. The van der Waals surface area contributed by atoms with Gasteiger partial charge in [-0.2, -0.15) is 0 Å². The Kier molecular flexibility index (Phi) is 8.81. The minimum atomic E-state index is -0.384. The van der Waals surface area contributed by atoms with Gasteiger partial charge in [0, 0.05) is 32.7 Å². The third kappa shape index (κ3) is 5.29. The quantitative estimate of drug-likeness (QED) is 0.919. The van der Waals surface area contributed by atoms with Crippen molar-refractivity contribution in [3.05, 3.63) is 35.9 Å². The van der Waals surface area contributed by atoms with Crippen molar-refractivity contribution in [3.8, 4) is 0 Å². The molecular formula is C14H23Cl2N3O. The molecule has 1 aliphatic heterocycles. The molecule has 4 nitrogen and oxygen atoms in total. The molecule has 0 saturated carbocycles. The highest BCUT2D eigenvalue weighted by atomic mass is 35.5. The molecule has 1 aliphatic rings. The number of nitrogens with two attached hydrogens (primary N) is 1. The van der Waals surface area contributed by atoms with Crippen LogP contribution in [0.4, 0.5) is 0 Å². The van der Waals surface area contributed by atoms with Gasteiger partial charge in [-0.1, -0.05) is 30.3 Å². The fourth-order valence-corrected chi connectivity index (χ4v) is 2.26. The highest BCUT2D eigenvalue weighted by Gasteiger charge is 2.22. The van der Waals surface area contributed by atoms with E-state index in [4.69, 9.17) is 5.73 Å². The van der Waals surface area contributed by atoms with Crippen molar-refractivity contribution in [3.63, 3.8) is 0 Å². The van der Waals surface area contributed by atoms with Gasteiger partial charge in [-0.3, -0.25) is 9.69 Å². The van der Waals surface area contributed by atoms with Crippen LogP contribution in [0.2, 0.25) is 0 Å². The summed E-state index contributed by atoms with van der Waals surface area (Å²) in [4.78, 5) is 16.0. The molecule has 0 aliphatic carbocycles. The molecule has 2 N–H and O–H groups in total. The maximum atomic E-state index is 11.7. The van der Waals surface area contributed by atoms with Gasteiger partial charge in [-0.05, 0) is 12.5 Å². The molecule has 0 bridgehead atoms. The molecule has 2 rings (SSSR count). The Bertz CT molecular complexity index is 393. The largest absolute Gasteiger partial charge is 0.339 e. The van der Waals surface area contributed by atoms with E-state index in [0.29, 0.717) is 0 Å². The van der Waals surface area contributed by atoms with Crippen molar-refractivity contribution in [1.82, 2.24) is 9.80 Å². The van der Waals surface area contributed by atoms with Gasteiger partial charge in [0.05, 0.1) is 6.04 Å². The Balaban J connectivity index is 0.00000180. The van der Waals surface area contributed by atoms with Crippen molar-refractivity contribution in [2.24, 2.45) is 5.73 Å². The summed E-state index contributed by atoms with van der Waals surface area (Å²) in [6.45, 7) is 6.13. The molecule has 0 spiro atoms. The number of piperazine rings is 1. The van der Waals surface area contributed by atoms with E-state index in [9.17, 15) is 4.79 Å². The van der Waals surface area contributed by atoms with E-state index in [1.54, 1.807) is 6.92 Å². The molecule has 1 saturated heterocycles. The zero-order valence-corrected chi connectivity index (χ0v) is 13.3. The van der Waals surface area contributed by atoms with E-state index in [0.717, 1.165) is 32.7 Å². The summed E-state index contributed by atoms with van der Waals surface area (Å²) in [6, 6.07) is 10.0. The van der Waals surface area contributed by atoms with Crippen LogP contribution < -0.4 is 5.73 Å². The first-order valence-electron chi connectivity index (χ1n) is 6.47. The van der Waals surface area contributed by atoms with Crippen LogP contribution in [0.1, 0.15) is 12.5 Å². The Morgan fingerprint density at radius 3 is 2.20 bits per heavy atom. The topological polar surface area (TPSA) is 49.6 Å². The van der Waals surface area contributed by atoms with Gasteiger partial charge in [-0.15, -0.1) is 24.8 Å². The maximum absolute atomic E-state index is 11.7. The second-order valence-electron chi connectivity index (χ2n) is 4.88. The van der Waals surface area contributed by atoms with Crippen LogP contribution in [-0.4, -0.2) is 47.9 Å². The molecular weight excluding hydrogens is 297 g/mol. The number of hydrogen-bond donors (Lipinski definition) is 1. The number of carbonyl (C=O) groups is 1. The van der Waals surface area contributed by atoms with Gasteiger partial charge in [0.15, 0.2) is 0 Å². The molecule has 0 radical (unpaired) electrons. The summed E-state index contributed by atoms with van der Waals surface area (Å²) in [5.74, 6) is 0.0642. The summed E-state index contributed by atoms with van der Waals surface area (Å²) in [5, 5.41) is 0. The van der Waals surface area contributed by atoms with Crippen LogP contribution in [0.3, 0.4) is 0 Å². The maximum Gasteiger partial charge on any atom is 0.239 e. The lowest BCUT2D eigenvalue weighted by molar-refractivity contribution is -0.134. The molecule has 6 heteroatoms. The summed E-state index contributed by atoms with van der Waals surface area (Å²) in [5.41, 5.74) is 6.94. The molecule has 1 atom stereocenters. The molecule has 20 heavy (non-hydrogen) atoms. The lowest BCUT2D eigenvalue weighted by Gasteiger charge is -2.35. The second-order valence-corrected chi connectivity index (χ2v) is 4.88. The lowest BCUT2D eigenvalue weighted by Crippen LogP contribution is -2.52. The van der Waals surface area contributed by atoms with Gasteiger partial charge in [-0.25, -0.2) is 0 Å². The van der Waals surface area contributed by atoms with Crippen LogP contribution in [0.25, 0.3) is 0 Å². The molecule has 1 heterocycles. The van der Waals surface area contributed by atoms with Crippen LogP contribution in [0.15, 0.2) is 30.3 Å². The predicted octanol–water partition coefficient (Wildman–Crippen LogP) is 1.52. The Morgan fingerprint density at radius 2 is 1.70 bits per heavy atom. The van der Waals surface area contributed by atoms with Crippen molar-refractivity contribution in [2.75, 3.05) is 26.2 Å². The first-order chi connectivity index (χ1) is 8.66. The fraction of sp³-hybridized carbons (Fsp3) is 0.500. The predicted molar refractivity (Wildman–Crippen MR) is 86.4 cm³/mol. The van der Waals surface area contributed by atoms with E-state index in [-0.39, 0.29) is 36.8 Å². The summed E-state index contributed by atoms with van der Waals surface area (Å²) >= 11 is 0. The summed E-state index contributed by atoms with van der Waals surface area (Å²) in [7, 11) is 0. The Labute approximate surface area is 133 Å². The molecule has 1 amide bonds. The van der Waals surface area contributed by atoms with Crippen molar-refractivity contribution in [1.29, 1.82) is 0 Å². The van der Waals surface area contributed by atoms with Gasteiger partial charge < -0.3 is 10.6 Å². The van der Waals surface area contributed by atoms with Crippen LogP contribution >= 0.6 is 24.8 Å². The van der Waals surface area contributed by atoms with Crippen LogP contribution in [0, 0.1) is 0 Å². The number of halogens is 2. The van der Waals surface area contributed by atoms with Crippen molar-refractivity contribution < 1.29 is 4.79 Å². The normalized spacial score (nSPS) is 16.8. The molecule has 114 valence electrons. The number of hydrogen-bond acceptors (Lipinski definition) is 3. The summed E-state index contributed by atoms with van der Waals surface area (Å²) in [6.07, 6.45) is 0. The molecule has 1 aromatic carbocycles. The molecule has 0 aromatic heterocycles. The number of carbonyl (C=O) groups excluding carboxylic acids is 1. The molecule has 1 aromatic rings. The van der Waals surface area contributed by atoms with E-state index >= 15 is 0 Å².